The molecule has 88 valence electrons. The maximum Gasteiger partial charge on any atom is 0.241 e. The number of carbonyl (C=O) groups is 1. The third-order valence-electron chi connectivity index (χ3n) is 2.12. The second kappa shape index (κ2) is 6.23. The minimum Gasteiger partial charge on any atom is -0.324 e. The normalized spacial score (nSPS) is 12.2. The smallest absolute Gasteiger partial charge is 0.241 e. The molecule has 0 unspecified atom stereocenters. The molecule has 16 heavy (non-hydrogen) atoms. The van der Waals surface area contributed by atoms with E-state index in [0.29, 0.717) is 17.1 Å². The predicted octanol–water partition coefficient (Wildman–Crippen LogP) is 3.17. The highest BCUT2D eigenvalue weighted by atomic mass is 79.9. The van der Waals surface area contributed by atoms with E-state index in [1.54, 1.807) is 18.2 Å². The van der Waals surface area contributed by atoms with Crippen LogP contribution < -0.4 is 11.1 Å². The fourth-order valence-corrected chi connectivity index (χ4v) is 1.78. The maximum absolute atomic E-state index is 11.7. The first-order valence-corrected chi connectivity index (χ1v) is 6.23. The van der Waals surface area contributed by atoms with Gasteiger partial charge in [0.25, 0.3) is 0 Å². The van der Waals surface area contributed by atoms with E-state index in [1.807, 2.05) is 6.92 Å². The molecule has 0 spiro atoms. The molecule has 0 radical (unpaired) electrons. The van der Waals surface area contributed by atoms with Gasteiger partial charge in [0.15, 0.2) is 0 Å². The van der Waals surface area contributed by atoms with Gasteiger partial charge in [-0.3, -0.25) is 4.79 Å². The minimum absolute atomic E-state index is 0.190. The Bertz CT molecular complexity index is 384. The van der Waals surface area contributed by atoms with E-state index in [4.69, 9.17) is 17.3 Å². The number of rotatable bonds is 4. The van der Waals surface area contributed by atoms with E-state index in [2.05, 4.69) is 21.2 Å². The van der Waals surface area contributed by atoms with Crippen LogP contribution in [-0.4, -0.2) is 11.9 Å². The van der Waals surface area contributed by atoms with Crippen molar-refractivity contribution >= 4 is 39.1 Å². The van der Waals surface area contributed by atoms with Crippen molar-refractivity contribution in [1.29, 1.82) is 0 Å². The second-order valence-corrected chi connectivity index (χ2v) is 4.80. The summed E-state index contributed by atoms with van der Waals surface area (Å²) in [6.07, 6.45) is 1.55. The molecule has 3 N–H and O–H groups in total. The molecule has 0 saturated heterocycles. The molecule has 5 heteroatoms. The summed E-state index contributed by atoms with van der Waals surface area (Å²) in [4.78, 5) is 11.7. The van der Waals surface area contributed by atoms with Crippen LogP contribution in [-0.2, 0) is 4.79 Å². The average molecular weight is 306 g/mol. The Hall–Kier alpha value is -0.580. The molecule has 0 aliphatic rings. The zero-order valence-electron chi connectivity index (χ0n) is 8.97. The molecule has 0 saturated carbocycles. The molecule has 1 aromatic rings. The number of nitrogens with one attached hydrogen (secondary N) is 1. The average Bonchev–Trinajstić information content (AvgIpc) is 2.23. The van der Waals surface area contributed by atoms with Crippen molar-refractivity contribution in [3.05, 3.63) is 27.7 Å². The molecule has 3 nitrogen and oxygen atoms in total. The molecular formula is C11H14BrClN2O. The van der Waals surface area contributed by atoms with Gasteiger partial charge in [0, 0.05) is 9.50 Å². The van der Waals surface area contributed by atoms with E-state index in [9.17, 15) is 4.79 Å². The van der Waals surface area contributed by atoms with Crippen LogP contribution in [0.15, 0.2) is 22.7 Å². The van der Waals surface area contributed by atoms with E-state index < -0.39 is 6.04 Å². The molecule has 0 bridgehead atoms. The van der Waals surface area contributed by atoms with Crippen LogP contribution >= 0.6 is 27.5 Å². The number of hydrogen-bond donors (Lipinski definition) is 2. The van der Waals surface area contributed by atoms with Crippen molar-refractivity contribution in [3.8, 4) is 0 Å². The summed E-state index contributed by atoms with van der Waals surface area (Å²) >= 11 is 9.17. The largest absolute Gasteiger partial charge is 0.324 e. The van der Waals surface area contributed by atoms with Crippen molar-refractivity contribution in [2.45, 2.75) is 25.8 Å². The lowest BCUT2D eigenvalue weighted by atomic mass is 10.1. The molecule has 0 heterocycles. The summed E-state index contributed by atoms with van der Waals surface area (Å²) in [5.41, 5.74) is 6.35. The third-order valence-corrected chi connectivity index (χ3v) is 3.05. The summed E-state index contributed by atoms with van der Waals surface area (Å²) in [6.45, 7) is 1.99. The highest BCUT2D eigenvalue weighted by Crippen LogP contribution is 2.25. The lowest BCUT2D eigenvalue weighted by Crippen LogP contribution is -2.35. The lowest BCUT2D eigenvalue weighted by molar-refractivity contribution is -0.117. The van der Waals surface area contributed by atoms with Crippen molar-refractivity contribution < 1.29 is 4.79 Å². The van der Waals surface area contributed by atoms with Crippen LogP contribution in [0.5, 0.6) is 0 Å². The zero-order chi connectivity index (χ0) is 12.1. The minimum atomic E-state index is -0.476. The molecular weight excluding hydrogens is 291 g/mol. The summed E-state index contributed by atoms with van der Waals surface area (Å²) in [7, 11) is 0. The SMILES string of the molecule is CCC[C@@H](N)C(=O)Nc1cc(Cl)ccc1Br. The number of halogens is 2. The maximum atomic E-state index is 11.7. The second-order valence-electron chi connectivity index (χ2n) is 3.51. The summed E-state index contributed by atoms with van der Waals surface area (Å²) < 4.78 is 0.786. The first-order chi connectivity index (χ1) is 7.54. The summed E-state index contributed by atoms with van der Waals surface area (Å²) in [5, 5.41) is 3.31. The topological polar surface area (TPSA) is 55.1 Å². The Kier molecular flexibility index (Phi) is 5.25. The number of amides is 1. The Labute approximate surface area is 108 Å². The van der Waals surface area contributed by atoms with Gasteiger partial charge < -0.3 is 11.1 Å². The van der Waals surface area contributed by atoms with Crippen molar-refractivity contribution in [3.63, 3.8) is 0 Å². The molecule has 1 aromatic carbocycles. The number of anilines is 1. The molecule has 1 amide bonds. The van der Waals surface area contributed by atoms with Crippen LogP contribution in [0.1, 0.15) is 19.8 Å². The van der Waals surface area contributed by atoms with Gasteiger partial charge in [0.05, 0.1) is 11.7 Å². The Morgan fingerprint density at radius 1 is 1.62 bits per heavy atom. The van der Waals surface area contributed by atoms with Gasteiger partial charge in [-0.25, -0.2) is 0 Å². The fraction of sp³-hybridized carbons (Fsp3) is 0.364. The lowest BCUT2D eigenvalue weighted by Gasteiger charge is -2.12. The molecule has 1 rings (SSSR count). The third kappa shape index (κ3) is 3.77. The molecule has 0 aliphatic heterocycles. The molecule has 0 fully saturated rings. The molecule has 0 aromatic heterocycles. The van der Waals surface area contributed by atoms with Crippen molar-refractivity contribution in [1.82, 2.24) is 0 Å². The van der Waals surface area contributed by atoms with Crippen molar-refractivity contribution in [2.75, 3.05) is 5.32 Å². The van der Waals surface area contributed by atoms with Gasteiger partial charge in [-0.1, -0.05) is 24.9 Å². The van der Waals surface area contributed by atoms with Crippen LogP contribution in [0, 0.1) is 0 Å². The van der Waals surface area contributed by atoms with Gasteiger partial charge in [-0.2, -0.15) is 0 Å². The van der Waals surface area contributed by atoms with Crippen LogP contribution in [0.4, 0.5) is 5.69 Å². The number of carbonyl (C=O) groups excluding carboxylic acids is 1. The zero-order valence-corrected chi connectivity index (χ0v) is 11.3. The summed E-state index contributed by atoms with van der Waals surface area (Å²) in [6, 6.07) is 4.73. The fourth-order valence-electron chi connectivity index (χ4n) is 1.26. The van der Waals surface area contributed by atoms with Crippen LogP contribution in [0.25, 0.3) is 0 Å². The van der Waals surface area contributed by atoms with Gasteiger partial charge in [0.1, 0.15) is 0 Å². The Morgan fingerprint density at radius 3 is 2.94 bits per heavy atom. The van der Waals surface area contributed by atoms with Gasteiger partial charge in [-0.05, 0) is 40.5 Å². The monoisotopic (exact) mass is 304 g/mol. The van der Waals surface area contributed by atoms with Gasteiger partial charge in [0.2, 0.25) is 5.91 Å². The van der Waals surface area contributed by atoms with E-state index >= 15 is 0 Å². The van der Waals surface area contributed by atoms with E-state index in [1.165, 1.54) is 0 Å². The van der Waals surface area contributed by atoms with Crippen molar-refractivity contribution in [2.24, 2.45) is 5.73 Å². The Morgan fingerprint density at radius 2 is 2.31 bits per heavy atom. The molecule has 0 aliphatic carbocycles. The first kappa shape index (κ1) is 13.5. The number of hydrogen-bond acceptors (Lipinski definition) is 2. The molecule has 1 atom stereocenters. The number of benzene rings is 1. The highest BCUT2D eigenvalue weighted by Gasteiger charge is 2.13. The standard InChI is InChI=1S/C11H14BrClN2O/c1-2-3-9(14)11(16)15-10-6-7(13)4-5-8(10)12/h4-6,9H,2-3,14H2,1H3,(H,15,16)/t9-/m1/s1. The summed E-state index contributed by atoms with van der Waals surface area (Å²) in [5.74, 6) is -0.190. The predicted molar refractivity (Wildman–Crippen MR) is 70.7 cm³/mol. The van der Waals surface area contributed by atoms with E-state index in [-0.39, 0.29) is 5.91 Å². The Balaban J connectivity index is 2.72. The number of nitrogens with two attached hydrogens (primary N) is 1. The van der Waals surface area contributed by atoms with Crippen LogP contribution in [0.2, 0.25) is 5.02 Å². The van der Waals surface area contributed by atoms with Gasteiger partial charge >= 0.3 is 0 Å². The first-order valence-electron chi connectivity index (χ1n) is 5.06. The van der Waals surface area contributed by atoms with Gasteiger partial charge in [-0.15, -0.1) is 0 Å². The highest BCUT2D eigenvalue weighted by molar-refractivity contribution is 9.10. The quantitative estimate of drug-likeness (QED) is 0.897. The van der Waals surface area contributed by atoms with Crippen LogP contribution in [0.3, 0.4) is 0 Å². The van der Waals surface area contributed by atoms with E-state index in [0.717, 1.165) is 10.9 Å².